The van der Waals surface area contributed by atoms with Crippen molar-refractivity contribution in [1.82, 2.24) is 4.98 Å². The Bertz CT molecular complexity index is 384. The number of guanidine groups is 1. The van der Waals surface area contributed by atoms with Gasteiger partial charge in [-0.2, -0.15) is 4.99 Å². The quantitative estimate of drug-likeness (QED) is 0.449. The van der Waals surface area contributed by atoms with Crippen LogP contribution < -0.4 is 11.5 Å². The predicted molar refractivity (Wildman–Crippen MR) is 57.8 cm³/mol. The van der Waals surface area contributed by atoms with Gasteiger partial charge in [0, 0.05) is 12.3 Å². The summed E-state index contributed by atoms with van der Waals surface area (Å²) in [5.74, 6) is -0.394. The topological polar surface area (TPSA) is 104 Å². The Kier molecular flexibility index (Phi) is 3.62. The van der Waals surface area contributed by atoms with Crippen LogP contribution >= 0.6 is 11.3 Å². The van der Waals surface area contributed by atoms with Crippen molar-refractivity contribution in [3.05, 3.63) is 11.1 Å². The van der Waals surface area contributed by atoms with Crippen LogP contribution in [0.5, 0.6) is 0 Å². The number of carbonyl (C=O) groups excluding carboxylic acids is 1. The van der Waals surface area contributed by atoms with Gasteiger partial charge in [-0.3, -0.25) is 4.79 Å². The summed E-state index contributed by atoms with van der Waals surface area (Å²) in [7, 11) is 0. The Morgan fingerprint density at radius 1 is 1.67 bits per heavy atom. The van der Waals surface area contributed by atoms with Gasteiger partial charge in [-0.05, 0) is 6.92 Å². The number of hydrogen-bond donors (Lipinski definition) is 2. The number of aliphatic imine (C=N–C) groups is 1. The lowest BCUT2D eigenvalue weighted by Crippen LogP contribution is -2.21. The molecule has 4 N–H and O–H groups in total. The van der Waals surface area contributed by atoms with Crippen LogP contribution in [0.15, 0.2) is 10.4 Å². The summed E-state index contributed by atoms with van der Waals surface area (Å²) >= 11 is 1.28. The molecule has 0 saturated carbocycles. The second-order valence-corrected chi connectivity index (χ2v) is 3.68. The third-order valence-electron chi connectivity index (χ3n) is 1.49. The van der Waals surface area contributed by atoms with Crippen LogP contribution in [0.4, 0.5) is 5.13 Å². The average molecular weight is 228 g/mol. The van der Waals surface area contributed by atoms with Crippen LogP contribution in [0, 0.1) is 0 Å². The zero-order valence-electron chi connectivity index (χ0n) is 8.43. The van der Waals surface area contributed by atoms with Crippen LogP contribution in [0.2, 0.25) is 0 Å². The van der Waals surface area contributed by atoms with Gasteiger partial charge in [-0.25, -0.2) is 4.98 Å². The van der Waals surface area contributed by atoms with Gasteiger partial charge in [0.25, 0.3) is 0 Å². The van der Waals surface area contributed by atoms with E-state index in [0.717, 1.165) is 0 Å². The predicted octanol–water partition coefficient (Wildman–Crippen LogP) is 0.672. The number of thiazole rings is 1. The molecule has 0 aliphatic heterocycles. The van der Waals surface area contributed by atoms with Gasteiger partial charge in [0.15, 0.2) is 5.96 Å². The van der Waals surface area contributed by atoms with Gasteiger partial charge in [-0.15, -0.1) is 11.3 Å². The number of esters is 1. The summed E-state index contributed by atoms with van der Waals surface area (Å²) in [6.45, 7) is 3.08. The van der Waals surface area contributed by atoms with Gasteiger partial charge < -0.3 is 16.2 Å². The van der Waals surface area contributed by atoms with E-state index < -0.39 is 0 Å². The number of nitrogens with two attached hydrogens (primary N) is 2. The molecule has 0 bridgehead atoms. The van der Waals surface area contributed by atoms with E-state index in [1.165, 1.54) is 18.3 Å². The Morgan fingerprint density at radius 3 is 2.87 bits per heavy atom. The lowest BCUT2D eigenvalue weighted by atomic mass is 10.3. The summed E-state index contributed by atoms with van der Waals surface area (Å²) in [5, 5.41) is 2.19. The largest absolute Gasteiger partial charge is 0.456 e. The van der Waals surface area contributed by atoms with E-state index in [-0.39, 0.29) is 18.0 Å². The lowest BCUT2D eigenvalue weighted by molar-refractivity contribution is -0.145. The van der Waals surface area contributed by atoms with Gasteiger partial charge in [0.2, 0.25) is 5.13 Å². The summed E-state index contributed by atoms with van der Waals surface area (Å²) in [5.41, 5.74) is 11.0. The number of aromatic nitrogens is 1. The molecule has 0 aliphatic carbocycles. The molecule has 1 aromatic rings. The molecule has 6 nitrogen and oxygen atoms in total. The highest BCUT2D eigenvalue weighted by Crippen LogP contribution is 2.24. The Hall–Kier alpha value is -1.63. The van der Waals surface area contributed by atoms with Crippen LogP contribution in [0.3, 0.4) is 0 Å². The molecule has 82 valence electrons. The molecule has 7 heteroatoms. The van der Waals surface area contributed by atoms with E-state index in [2.05, 4.69) is 9.98 Å². The molecule has 1 aromatic heterocycles. The first kappa shape index (κ1) is 11.4. The number of rotatable bonds is 3. The Morgan fingerprint density at radius 2 is 2.33 bits per heavy atom. The Balaban J connectivity index is 2.75. The van der Waals surface area contributed by atoms with E-state index in [1.54, 1.807) is 12.3 Å². The molecule has 0 spiro atoms. The molecule has 1 heterocycles. The molecule has 0 saturated heterocycles. The smallest absolute Gasteiger partial charge is 0.303 e. The zero-order chi connectivity index (χ0) is 11.4. The molecular formula is C8H12N4O2S. The van der Waals surface area contributed by atoms with Crippen molar-refractivity contribution in [3.8, 4) is 0 Å². The number of carbonyl (C=O) groups is 1. The van der Waals surface area contributed by atoms with Crippen LogP contribution in [-0.4, -0.2) is 16.9 Å². The standard InChI is InChI=1S/C8H12N4O2S/c1-4(14-5(2)13)6-3-15-8(11-6)12-7(9)10/h3-4H,1-2H3,(H4,9,10,11,12). The minimum atomic E-state index is -0.387. The third-order valence-corrected chi connectivity index (χ3v) is 2.25. The summed E-state index contributed by atoms with van der Waals surface area (Å²) in [4.78, 5) is 18.6. The first-order valence-corrected chi connectivity index (χ1v) is 5.09. The fraction of sp³-hybridized carbons (Fsp3) is 0.375. The minimum absolute atomic E-state index is 0.0453. The second kappa shape index (κ2) is 4.74. The highest BCUT2D eigenvalue weighted by molar-refractivity contribution is 7.13. The normalized spacial score (nSPS) is 11.9. The summed E-state index contributed by atoms with van der Waals surface area (Å²) < 4.78 is 4.95. The molecule has 15 heavy (non-hydrogen) atoms. The molecule has 0 radical (unpaired) electrons. The van der Waals surface area contributed by atoms with Gasteiger partial charge >= 0.3 is 5.97 Å². The minimum Gasteiger partial charge on any atom is -0.456 e. The molecule has 0 aromatic carbocycles. The van der Waals surface area contributed by atoms with E-state index in [1.807, 2.05) is 0 Å². The maximum absolute atomic E-state index is 10.7. The Labute approximate surface area is 91.0 Å². The van der Waals surface area contributed by atoms with E-state index in [4.69, 9.17) is 16.2 Å². The van der Waals surface area contributed by atoms with Crippen molar-refractivity contribution in [2.45, 2.75) is 20.0 Å². The fourth-order valence-electron chi connectivity index (χ4n) is 0.934. The fourth-order valence-corrected chi connectivity index (χ4v) is 1.72. The third kappa shape index (κ3) is 3.55. The molecule has 1 rings (SSSR count). The molecule has 1 atom stereocenters. The first-order valence-electron chi connectivity index (χ1n) is 4.21. The molecule has 1 unspecified atom stereocenters. The van der Waals surface area contributed by atoms with Crippen LogP contribution in [0.1, 0.15) is 25.6 Å². The molecule has 0 amide bonds. The van der Waals surface area contributed by atoms with Crippen LogP contribution in [0.25, 0.3) is 0 Å². The van der Waals surface area contributed by atoms with Crippen molar-refractivity contribution in [2.75, 3.05) is 0 Å². The van der Waals surface area contributed by atoms with Crippen molar-refractivity contribution in [1.29, 1.82) is 0 Å². The maximum Gasteiger partial charge on any atom is 0.303 e. The van der Waals surface area contributed by atoms with Gasteiger partial charge in [0.1, 0.15) is 6.10 Å². The number of nitrogens with zero attached hydrogens (tertiary/aromatic N) is 2. The zero-order valence-corrected chi connectivity index (χ0v) is 9.25. The van der Waals surface area contributed by atoms with Crippen molar-refractivity contribution in [3.63, 3.8) is 0 Å². The molecule has 0 fully saturated rings. The molecular weight excluding hydrogens is 216 g/mol. The van der Waals surface area contributed by atoms with E-state index >= 15 is 0 Å². The highest BCUT2D eigenvalue weighted by atomic mass is 32.1. The maximum atomic E-state index is 10.7. The van der Waals surface area contributed by atoms with E-state index in [0.29, 0.717) is 10.8 Å². The van der Waals surface area contributed by atoms with E-state index in [9.17, 15) is 4.79 Å². The first-order chi connectivity index (χ1) is 6.99. The van der Waals surface area contributed by atoms with Crippen molar-refractivity contribution < 1.29 is 9.53 Å². The van der Waals surface area contributed by atoms with Crippen molar-refractivity contribution >= 4 is 28.4 Å². The number of hydrogen-bond acceptors (Lipinski definition) is 5. The van der Waals surface area contributed by atoms with Gasteiger partial charge in [-0.1, -0.05) is 0 Å². The number of ether oxygens (including phenoxy) is 1. The lowest BCUT2D eigenvalue weighted by Gasteiger charge is -2.07. The monoisotopic (exact) mass is 228 g/mol. The summed E-state index contributed by atoms with van der Waals surface area (Å²) in [6, 6.07) is 0. The van der Waals surface area contributed by atoms with Crippen LogP contribution in [-0.2, 0) is 9.53 Å². The van der Waals surface area contributed by atoms with Gasteiger partial charge in [0.05, 0.1) is 5.69 Å². The highest BCUT2D eigenvalue weighted by Gasteiger charge is 2.12. The second-order valence-electron chi connectivity index (χ2n) is 2.84. The van der Waals surface area contributed by atoms with Crippen molar-refractivity contribution in [2.24, 2.45) is 16.5 Å². The summed E-state index contributed by atoms with van der Waals surface area (Å²) in [6.07, 6.45) is -0.387. The SMILES string of the molecule is CC(=O)OC(C)c1csc(N=C(N)N)n1. The molecule has 0 aliphatic rings. The average Bonchev–Trinajstić information content (AvgIpc) is 2.50.